The Morgan fingerprint density at radius 3 is 2.69 bits per heavy atom. The number of benzene rings is 2. The molecule has 134 valence electrons. The predicted molar refractivity (Wildman–Crippen MR) is 102 cm³/mol. The third-order valence-electron chi connectivity index (χ3n) is 3.94. The summed E-state index contributed by atoms with van der Waals surface area (Å²) in [5, 5.41) is 10.9. The zero-order valence-electron chi connectivity index (χ0n) is 14.7. The van der Waals surface area contributed by atoms with Crippen LogP contribution in [0.25, 0.3) is 5.69 Å². The van der Waals surface area contributed by atoms with Crippen LogP contribution in [0.3, 0.4) is 0 Å². The highest BCUT2D eigenvalue weighted by Gasteiger charge is 2.03. The van der Waals surface area contributed by atoms with Crippen LogP contribution in [-0.2, 0) is 13.0 Å². The average Bonchev–Trinajstić information content (AvgIpc) is 3.14. The molecule has 0 fully saturated rings. The van der Waals surface area contributed by atoms with Gasteiger partial charge >= 0.3 is 0 Å². The Bertz CT molecular complexity index is 857. The maximum absolute atomic E-state index is 13.2. The summed E-state index contributed by atoms with van der Waals surface area (Å²) in [5.41, 5.74) is 3.04. The van der Waals surface area contributed by atoms with Gasteiger partial charge in [-0.2, -0.15) is 5.10 Å². The van der Waals surface area contributed by atoms with Crippen molar-refractivity contribution in [2.45, 2.75) is 13.0 Å². The lowest BCUT2D eigenvalue weighted by Gasteiger charge is -2.11. The quantitative estimate of drug-likeness (QED) is 0.530. The standard InChI is InChI=1S/C20H22FN5/c1-22-20(23-11-10-16-6-5-7-18(21)12-16)24-13-17-14-25-26(15-17)19-8-3-2-4-9-19/h2-9,12,14-15H,10-11,13H2,1H3,(H2,22,23,24). The van der Waals surface area contributed by atoms with Gasteiger partial charge in [0.15, 0.2) is 5.96 Å². The molecule has 1 heterocycles. The summed E-state index contributed by atoms with van der Waals surface area (Å²) in [6.07, 6.45) is 4.55. The minimum Gasteiger partial charge on any atom is -0.356 e. The fraction of sp³-hybridized carbons (Fsp3) is 0.200. The minimum absolute atomic E-state index is 0.208. The van der Waals surface area contributed by atoms with Gasteiger partial charge in [0.1, 0.15) is 5.82 Å². The van der Waals surface area contributed by atoms with E-state index in [1.807, 2.05) is 53.5 Å². The molecule has 0 aliphatic rings. The lowest BCUT2D eigenvalue weighted by atomic mass is 10.1. The summed E-state index contributed by atoms with van der Waals surface area (Å²) < 4.78 is 15.0. The van der Waals surface area contributed by atoms with Crippen molar-refractivity contribution in [1.29, 1.82) is 0 Å². The van der Waals surface area contributed by atoms with Crippen LogP contribution in [0.15, 0.2) is 72.0 Å². The summed E-state index contributed by atoms with van der Waals surface area (Å²) in [5.74, 6) is 0.495. The van der Waals surface area contributed by atoms with Crippen molar-refractivity contribution >= 4 is 5.96 Å². The number of guanidine groups is 1. The van der Waals surface area contributed by atoms with E-state index in [4.69, 9.17) is 0 Å². The Morgan fingerprint density at radius 1 is 1.08 bits per heavy atom. The van der Waals surface area contributed by atoms with Gasteiger partial charge in [-0.05, 0) is 36.2 Å². The summed E-state index contributed by atoms with van der Waals surface area (Å²) in [4.78, 5) is 4.21. The van der Waals surface area contributed by atoms with E-state index in [-0.39, 0.29) is 5.82 Å². The van der Waals surface area contributed by atoms with Gasteiger partial charge in [-0.3, -0.25) is 4.99 Å². The third-order valence-corrected chi connectivity index (χ3v) is 3.94. The monoisotopic (exact) mass is 351 g/mol. The Balaban J connectivity index is 1.48. The topological polar surface area (TPSA) is 54.2 Å². The predicted octanol–water partition coefficient (Wildman–Crippen LogP) is 2.92. The van der Waals surface area contributed by atoms with E-state index in [2.05, 4.69) is 20.7 Å². The van der Waals surface area contributed by atoms with Crippen molar-refractivity contribution in [3.05, 3.63) is 83.9 Å². The minimum atomic E-state index is -0.208. The van der Waals surface area contributed by atoms with E-state index in [1.165, 1.54) is 6.07 Å². The van der Waals surface area contributed by atoms with Crippen LogP contribution in [0.4, 0.5) is 4.39 Å². The maximum Gasteiger partial charge on any atom is 0.191 e. The first-order chi connectivity index (χ1) is 12.7. The molecule has 3 aromatic rings. The van der Waals surface area contributed by atoms with Gasteiger partial charge in [-0.1, -0.05) is 30.3 Å². The molecule has 0 radical (unpaired) electrons. The molecule has 1 aromatic heterocycles. The molecule has 26 heavy (non-hydrogen) atoms. The number of aliphatic imine (C=N–C) groups is 1. The van der Waals surface area contributed by atoms with Crippen LogP contribution in [0, 0.1) is 5.82 Å². The Kier molecular flexibility index (Phi) is 5.98. The average molecular weight is 351 g/mol. The lowest BCUT2D eigenvalue weighted by molar-refractivity contribution is 0.625. The van der Waals surface area contributed by atoms with Crippen molar-refractivity contribution in [2.75, 3.05) is 13.6 Å². The zero-order chi connectivity index (χ0) is 18.2. The first-order valence-corrected chi connectivity index (χ1v) is 8.52. The molecule has 0 amide bonds. The number of hydrogen-bond acceptors (Lipinski definition) is 2. The molecule has 0 saturated carbocycles. The largest absolute Gasteiger partial charge is 0.356 e. The molecule has 0 aliphatic heterocycles. The van der Waals surface area contributed by atoms with Crippen molar-refractivity contribution in [2.24, 2.45) is 4.99 Å². The Labute approximate surface area is 152 Å². The fourth-order valence-corrected chi connectivity index (χ4v) is 2.60. The summed E-state index contributed by atoms with van der Waals surface area (Å²) in [6.45, 7) is 1.29. The van der Waals surface area contributed by atoms with Crippen molar-refractivity contribution in [3.8, 4) is 5.69 Å². The van der Waals surface area contributed by atoms with Crippen LogP contribution in [0.1, 0.15) is 11.1 Å². The van der Waals surface area contributed by atoms with Gasteiger partial charge in [-0.15, -0.1) is 0 Å². The highest BCUT2D eigenvalue weighted by molar-refractivity contribution is 5.79. The van der Waals surface area contributed by atoms with E-state index in [9.17, 15) is 4.39 Å². The van der Waals surface area contributed by atoms with Crippen molar-refractivity contribution in [1.82, 2.24) is 20.4 Å². The summed E-state index contributed by atoms with van der Waals surface area (Å²) in [7, 11) is 1.73. The molecule has 0 saturated heterocycles. The number of nitrogens with one attached hydrogen (secondary N) is 2. The first-order valence-electron chi connectivity index (χ1n) is 8.52. The first kappa shape index (κ1) is 17.7. The number of para-hydroxylation sites is 1. The second kappa shape index (κ2) is 8.80. The number of rotatable bonds is 6. The number of nitrogens with zero attached hydrogens (tertiary/aromatic N) is 3. The molecule has 2 aromatic carbocycles. The van der Waals surface area contributed by atoms with Crippen LogP contribution in [0.5, 0.6) is 0 Å². The molecule has 0 aliphatic carbocycles. The molecule has 6 heteroatoms. The molecule has 3 rings (SSSR count). The van der Waals surface area contributed by atoms with Gasteiger partial charge in [0.2, 0.25) is 0 Å². The van der Waals surface area contributed by atoms with E-state index in [0.29, 0.717) is 19.0 Å². The van der Waals surface area contributed by atoms with Crippen LogP contribution >= 0.6 is 0 Å². The van der Waals surface area contributed by atoms with Gasteiger partial charge in [-0.25, -0.2) is 9.07 Å². The van der Waals surface area contributed by atoms with Gasteiger partial charge in [0, 0.05) is 31.9 Å². The Morgan fingerprint density at radius 2 is 1.92 bits per heavy atom. The van der Waals surface area contributed by atoms with Gasteiger partial charge in [0.05, 0.1) is 11.9 Å². The molecule has 0 spiro atoms. The van der Waals surface area contributed by atoms with E-state index in [0.717, 1.165) is 23.2 Å². The molecule has 5 nitrogen and oxygen atoms in total. The molecule has 0 unspecified atom stereocenters. The summed E-state index contributed by atoms with van der Waals surface area (Å²) >= 11 is 0. The van der Waals surface area contributed by atoms with Crippen LogP contribution < -0.4 is 10.6 Å². The van der Waals surface area contributed by atoms with Crippen molar-refractivity contribution < 1.29 is 4.39 Å². The highest BCUT2D eigenvalue weighted by Crippen LogP contribution is 2.07. The van der Waals surface area contributed by atoms with Crippen LogP contribution in [-0.4, -0.2) is 29.3 Å². The Hall–Kier alpha value is -3.15. The van der Waals surface area contributed by atoms with E-state index in [1.54, 1.807) is 19.2 Å². The van der Waals surface area contributed by atoms with Gasteiger partial charge < -0.3 is 10.6 Å². The molecule has 2 N–H and O–H groups in total. The number of halogens is 1. The third kappa shape index (κ3) is 4.92. The van der Waals surface area contributed by atoms with Crippen LogP contribution in [0.2, 0.25) is 0 Å². The van der Waals surface area contributed by atoms with E-state index >= 15 is 0 Å². The molecule has 0 bridgehead atoms. The van der Waals surface area contributed by atoms with Gasteiger partial charge in [0.25, 0.3) is 0 Å². The lowest BCUT2D eigenvalue weighted by Crippen LogP contribution is -2.37. The normalized spacial score (nSPS) is 11.4. The number of aromatic nitrogens is 2. The summed E-state index contributed by atoms with van der Waals surface area (Å²) in [6, 6.07) is 16.6. The molecular formula is C20H22FN5. The zero-order valence-corrected chi connectivity index (χ0v) is 14.7. The smallest absolute Gasteiger partial charge is 0.191 e. The second-order valence-corrected chi connectivity index (χ2v) is 5.86. The molecular weight excluding hydrogens is 329 g/mol. The fourth-order valence-electron chi connectivity index (χ4n) is 2.60. The highest BCUT2D eigenvalue weighted by atomic mass is 19.1. The molecule has 0 atom stereocenters. The second-order valence-electron chi connectivity index (χ2n) is 5.86. The SMILES string of the molecule is CN=C(NCCc1cccc(F)c1)NCc1cnn(-c2ccccc2)c1. The van der Waals surface area contributed by atoms with E-state index < -0.39 is 0 Å². The maximum atomic E-state index is 13.2. The number of hydrogen-bond donors (Lipinski definition) is 2. The van der Waals surface area contributed by atoms with Crippen molar-refractivity contribution in [3.63, 3.8) is 0 Å².